The Morgan fingerprint density at radius 1 is 1.27 bits per heavy atom. The first-order valence-corrected chi connectivity index (χ1v) is 8.27. The van der Waals surface area contributed by atoms with Gasteiger partial charge in [0.15, 0.2) is 11.5 Å². The van der Waals surface area contributed by atoms with Crippen LogP contribution in [-0.4, -0.2) is 35.6 Å². The number of nitrogens with one attached hydrogen (secondary N) is 2. The second-order valence-electron chi connectivity index (χ2n) is 5.93. The number of hydrogen-bond acceptors (Lipinski definition) is 6. The van der Waals surface area contributed by atoms with Gasteiger partial charge in [-0.3, -0.25) is 9.59 Å². The van der Waals surface area contributed by atoms with Crippen LogP contribution in [0.5, 0.6) is 11.5 Å². The summed E-state index contributed by atoms with van der Waals surface area (Å²) in [6.45, 7) is 3.12. The third-order valence-electron chi connectivity index (χ3n) is 4.20. The molecule has 4 rings (SSSR count). The third kappa shape index (κ3) is 2.90. The lowest BCUT2D eigenvalue weighted by atomic mass is 10.1. The van der Waals surface area contributed by atoms with Crippen LogP contribution in [0, 0.1) is 6.92 Å². The molecule has 0 spiro atoms. The summed E-state index contributed by atoms with van der Waals surface area (Å²) in [5, 5.41) is 2.99. The number of nitrogens with zero attached hydrogens (tertiary/aromatic N) is 1. The van der Waals surface area contributed by atoms with Crippen LogP contribution < -0.4 is 20.3 Å². The molecule has 1 aromatic carbocycles. The number of aromatic amines is 1. The number of hydrogen-bond donors (Lipinski definition) is 2. The molecule has 0 saturated heterocycles. The zero-order valence-electron chi connectivity index (χ0n) is 14.1. The molecule has 3 aromatic rings. The molecule has 0 unspecified atom stereocenters. The smallest absolute Gasteiger partial charge is 0.262 e. The van der Waals surface area contributed by atoms with Crippen LogP contribution in [0.3, 0.4) is 0 Å². The average Bonchev–Trinajstić information content (AvgIpc) is 2.99. The summed E-state index contributed by atoms with van der Waals surface area (Å²) in [7, 11) is 0. The van der Waals surface area contributed by atoms with E-state index in [0.29, 0.717) is 37.7 Å². The lowest BCUT2D eigenvalue weighted by Crippen LogP contribution is -2.27. The molecule has 1 amide bonds. The second kappa shape index (κ2) is 6.55. The maximum atomic E-state index is 12.5. The molecule has 0 aliphatic carbocycles. The first kappa shape index (κ1) is 16.2. The van der Waals surface area contributed by atoms with Crippen molar-refractivity contribution in [3.8, 4) is 11.5 Å². The van der Waals surface area contributed by atoms with Gasteiger partial charge in [-0.25, -0.2) is 4.98 Å². The van der Waals surface area contributed by atoms with Gasteiger partial charge in [0.05, 0.1) is 11.9 Å². The molecule has 3 heterocycles. The molecule has 26 heavy (non-hydrogen) atoms. The van der Waals surface area contributed by atoms with Gasteiger partial charge in [-0.2, -0.15) is 0 Å². The number of carbonyl (C=O) groups is 1. The fraction of sp³-hybridized carbons (Fsp3) is 0.278. The number of ether oxygens (including phenoxy) is 2. The van der Waals surface area contributed by atoms with Crippen LogP contribution in [0.1, 0.15) is 21.7 Å². The monoisotopic (exact) mass is 355 g/mol. The molecule has 8 nitrogen and oxygen atoms in total. The molecule has 0 saturated carbocycles. The summed E-state index contributed by atoms with van der Waals surface area (Å²) in [5.74, 6) is 1.45. The van der Waals surface area contributed by atoms with Gasteiger partial charge in [0.2, 0.25) is 5.71 Å². The van der Waals surface area contributed by atoms with Crippen molar-refractivity contribution >= 4 is 17.0 Å². The van der Waals surface area contributed by atoms with E-state index in [1.165, 1.54) is 6.33 Å². The summed E-state index contributed by atoms with van der Waals surface area (Å²) in [4.78, 5) is 30.9. The molecule has 8 heteroatoms. The highest BCUT2D eigenvalue weighted by atomic mass is 16.6. The predicted molar refractivity (Wildman–Crippen MR) is 92.8 cm³/mol. The van der Waals surface area contributed by atoms with Crippen LogP contribution in [0.15, 0.2) is 33.7 Å². The number of rotatable bonds is 4. The third-order valence-corrected chi connectivity index (χ3v) is 4.20. The van der Waals surface area contributed by atoms with E-state index in [1.54, 1.807) is 6.92 Å². The molecule has 134 valence electrons. The van der Waals surface area contributed by atoms with Crippen LogP contribution in [-0.2, 0) is 6.42 Å². The Morgan fingerprint density at radius 3 is 2.92 bits per heavy atom. The van der Waals surface area contributed by atoms with E-state index in [1.807, 2.05) is 18.2 Å². The maximum Gasteiger partial charge on any atom is 0.262 e. The summed E-state index contributed by atoms with van der Waals surface area (Å²) in [6, 6.07) is 5.71. The van der Waals surface area contributed by atoms with Gasteiger partial charge in [-0.05, 0) is 31.0 Å². The van der Waals surface area contributed by atoms with Gasteiger partial charge in [-0.1, -0.05) is 6.07 Å². The summed E-state index contributed by atoms with van der Waals surface area (Å²) in [5.41, 5.74) is 0.992. The Labute approximate surface area is 148 Å². The fourth-order valence-corrected chi connectivity index (χ4v) is 2.98. The van der Waals surface area contributed by atoms with Gasteiger partial charge >= 0.3 is 0 Å². The Bertz CT molecular complexity index is 1040. The van der Waals surface area contributed by atoms with E-state index >= 15 is 0 Å². The van der Waals surface area contributed by atoms with Gasteiger partial charge in [0, 0.05) is 6.54 Å². The molecular formula is C18H17N3O5. The lowest BCUT2D eigenvalue weighted by molar-refractivity contribution is 0.0954. The lowest BCUT2D eigenvalue weighted by Gasteiger charge is -2.18. The number of aromatic nitrogens is 2. The largest absolute Gasteiger partial charge is 0.486 e. The Kier molecular flexibility index (Phi) is 4.08. The molecule has 0 fully saturated rings. The van der Waals surface area contributed by atoms with Crippen molar-refractivity contribution in [3.63, 3.8) is 0 Å². The number of amides is 1. The Morgan fingerprint density at radius 2 is 2.08 bits per heavy atom. The van der Waals surface area contributed by atoms with Crippen LogP contribution in [0.25, 0.3) is 11.1 Å². The van der Waals surface area contributed by atoms with Gasteiger partial charge in [0.25, 0.3) is 11.5 Å². The zero-order chi connectivity index (χ0) is 18.1. The summed E-state index contributed by atoms with van der Waals surface area (Å²) in [6.07, 6.45) is 1.86. The predicted octanol–water partition coefficient (Wildman–Crippen LogP) is 1.57. The zero-order valence-corrected chi connectivity index (χ0v) is 14.1. The number of aryl methyl sites for hydroxylation is 1. The minimum atomic E-state index is -0.399. The summed E-state index contributed by atoms with van der Waals surface area (Å²) >= 11 is 0. The highest BCUT2D eigenvalue weighted by Crippen LogP contribution is 2.30. The van der Waals surface area contributed by atoms with Crippen LogP contribution >= 0.6 is 0 Å². The number of benzene rings is 1. The quantitative estimate of drug-likeness (QED) is 0.736. The first-order chi connectivity index (χ1) is 12.6. The van der Waals surface area contributed by atoms with E-state index in [0.717, 1.165) is 11.3 Å². The summed E-state index contributed by atoms with van der Waals surface area (Å²) < 4.78 is 16.5. The number of carbonyl (C=O) groups excluding carboxylic acids is 1. The SMILES string of the molecule is Cc1oc2nc[nH]c(=O)c2c1C(=O)NCCc1ccc2c(c1)OCCO2. The normalized spacial score (nSPS) is 13.0. The van der Waals surface area contributed by atoms with E-state index in [9.17, 15) is 9.59 Å². The minimum Gasteiger partial charge on any atom is -0.486 e. The maximum absolute atomic E-state index is 12.5. The van der Waals surface area contributed by atoms with Gasteiger partial charge in [-0.15, -0.1) is 0 Å². The van der Waals surface area contributed by atoms with E-state index in [2.05, 4.69) is 15.3 Å². The Balaban J connectivity index is 1.47. The molecule has 0 bridgehead atoms. The van der Waals surface area contributed by atoms with Crippen molar-refractivity contribution in [1.82, 2.24) is 15.3 Å². The standard InChI is InChI=1S/C18H17N3O5/c1-10-14(15-17(23)20-9-21-18(15)26-10)16(22)19-5-4-11-2-3-12-13(8-11)25-7-6-24-12/h2-3,8-9H,4-7H2,1H3,(H,19,22)(H,20,21,23). The molecular weight excluding hydrogens is 338 g/mol. The van der Waals surface area contributed by atoms with E-state index < -0.39 is 5.56 Å². The number of H-pyrrole nitrogens is 1. The highest BCUT2D eigenvalue weighted by Gasteiger charge is 2.21. The van der Waals surface area contributed by atoms with Crippen molar-refractivity contribution in [2.45, 2.75) is 13.3 Å². The molecule has 1 aliphatic heterocycles. The van der Waals surface area contributed by atoms with E-state index in [4.69, 9.17) is 13.9 Å². The Hall–Kier alpha value is -3.29. The number of furan rings is 1. The molecule has 1 aliphatic rings. The van der Waals surface area contributed by atoms with Gasteiger partial charge in [0.1, 0.15) is 24.4 Å². The second-order valence-corrected chi connectivity index (χ2v) is 5.93. The topological polar surface area (TPSA) is 106 Å². The van der Waals surface area contributed by atoms with E-state index in [-0.39, 0.29) is 22.6 Å². The van der Waals surface area contributed by atoms with Crippen LogP contribution in [0.2, 0.25) is 0 Å². The minimum absolute atomic E-state index is 0.156. The van der Waals surface area contributed by atoms with Crippen molar-refractivity contribution < 1.29 is 18.7 Å². The van der Waals surface area contributed by atoms with Gasteiger partial charge < -0.3 is 24.2 Å². The molecule has 2 aromatic heterocycles. The van der Waals surface area contributed by atoms with Crippen molar-refractivity contribution in [2.24, 2.45) is 0 Å². The molecule has 0 radical (unpaired) electrons. The van der Waals surface area contributed by atoms with Crippen molar-refractivity contribution in [3.05, 3.63) is 51.8 Å². The fourth-order valence-electron chi connectivity index (χ4n) is 2.98. The van der Waals surface area contributed by atoms with Crippen molar-refractivity contribution in [1.29, 1.82) is 0 Å². The molecule has 2 N–H and O–H groups in total. The first-order valence-electron chi connectivity index (χ1n) is 8.27. The average molecular weight is 355 g/mol. The number of fused-ring (bicyclic) bond motifs is 2. The van der Waals surface area contributed by atoms with Crippen molar-refractivity contribution in [2.75, 3.05) is 19.8 Å². The highest BCUT2D eigenvalue weighted by molar-refractivity contribution is 6.06. The molecule has 0 atom stereocenters. The van der Waals surface area contributed by atoms with Crippen LogP contribution in [0.4, 0.5) is 0 Å².